The van der Waals surface area contributed by atoms with Gasteiger partial charge in [0.05, 0.1) is 10.5 Å². The summed E-state index contributed by atoms with van der Waals surface area (Å²) in [5.41, 5.74) is -0.336. The molecule has 90 valence electrons. The fourth-order valence-electron chi connectivity index (χ4n) is 1.01. The molecule has 0 fully saturated rings. The molecule has 0 saturated heterocycles. The number of nitrogens with zero attached hydrogens (tertiary/aromatic N) is 1. The molecule has 0 aromatic heterocycles. The molecule has 0 aliphatic rings. The highest BCUT2D eigenvalue weighted by Gasteiger charge is 2.15. The number of benzene rings is 1. The van der Waals surface area contributed by atoms with Gasteiger partial charge in [0.15, 0.2) is 0 Å². The first-order valence-electron chi connectivity index (χ1n) is 4.39. The normalized spacial score (nSPS) is 10.9. The Morgan fingerprint density at radius 1 is 1.59 bits per heavy atom. The average Bonchev–Trinajstić information content (AvgIpc) is 2.27. The van der Waals surface area contributed by atoms with Crippen LogP contribution in [0.15, 0.2) is 34.7 Å². The number of nitriles is 1. The Morgan fingerprint density at radius 2 is 2.24 bits per heavy atom. The summed E-state index contributed by atoms with van der Waals surface area (Å²) in [6, 6.07) is 4.50. The van der Waals surface area contributed by atoms with Crippen molar-refractivity contribution in [2.45, 2.75) is 4.90 Å². The first-order valence-corrected chi connectivity index (χ1v) is 6.25. The lowest BCUT2D eigenvalue weighted by Gasteiger charge is -2.06. The molecule has 0 radical (unpaired) electrons. The van der Waals surface area contributed by atoms with Crippen molar-refractivity contribution in [3.8, 4) is 6.07 Å². The minimum absolute atomic E-state index is 0.121. The maximum Gasteiger partial charge on any atom is 0.240 e. The third-order valence-electron chi connectivity index (χ3n) is 1.82. The lowest BCUT2D eigenvalue weighted by molar-refractivity contribution is 0.584. The van der Waals surface area contributed by atoms with Crippen molar-refractivity contribution in [3.05, 3.63) is 41.2 Å². The van der Waals surface area contributed by atoms with Crippen LogP contribution in [0.1, 0.15) is 5.56 Å². The highest BCUT2D eigenvalue weighted by molar-refractivity contribution is 7.89. The van der Waals surface area contributed by atoms with Crippen LogP contribution in [0.2, 0.25) is 0 Å². The van der Waals surface area contributed by atoms with Crippen molar-refractivity contribution in [1.82, 2.24) is 4.72 Å². The van der Waals surface area contributed by atoms with Crippen LogP contribution in [0, 0.1) is 17.1 Å². The number of halogens is 2. The zero-order valence-electron chi connectivity index (χ0n) is 8.57. The molecule has 4 nitrogen and oxygen atoms in total. The van der Waals surface area contributed by atoms with Gasteiger partial charge < -0.3 is 0 Å². The SMILES string of the molecule is C=C(Cl)CNS(=O)(=O)c1ccc(F)c(C#N)c1. The lowest BCUT2D eigenvalue weighted by atomic mass is 10.2. The number of rotatable bonds is 4. The second kappa shape index (κ2) is 5.27. The van der Waals surface area contributed by atoms with Gasteiger partial charge in [-0.25, -0.2) is 17.5 Å². The fourth-order valence-corrected chi connectivity index (χ4v) is 2.21. The molecule has 0 unspecified atom stereocenters. The third-order valence-corrected chi connectivity index (χ3v) is 3.36. The summed E-state index contributed by atoms with van der Waals surface area (Å²) in [7, 11) is -3.82. The molecule has 0 saturated carbocycles. The molecule has 0 atom stereocenters. The van der Waals surface area contributed by atoms with Crippen molar-refractivity contribution in [2.75, 3.05) is 6.54 Å². The topological polar surface area (TPSA) is 70.0 Å². The third kappa shape index (κ3) is 3.53. The Hall–Kier alpha value is -1.42. The van der Waals surface area contributed by atoms with Crippen LogP contribution in [0.3, 0.4) is 0 Å². The van der Waals surface area contributed by atoms with Crippen molar-refractivity contribution in [2.24, 2.45) is 0 Å². The molecule has 1 aromatic carbocycles. The maximum absolute atomic E-state index is 13.0. The standard InChI is InChI=1S/C10H8ClFN2O2S/c1-7(11)6-14-17(15,16)9-2-3-10(12)8(4-9)5-13/h2-4,14H,1,6H2. The Balaban J connectivity index is 3.08. The number of nitrogens with one attached hydrogen (secondary N) is 1. The molecule has 1 N–H and O–H groups in total. The molecule has 0 bridgehead atoms. The Morgan fingerprint density at radius 3 is 2.76 bits per heavy atom. The summed E-state index contributed by atoms with van der Waals surface area (Å²) in [6.45, 7) is 3.19. The van der Waals surface area contributed by atoms with E-state index in [1.807, 2.05) is 0 Å². The predicted octanol–water partition coefficient (Wildman–Crippen LogP) is 1.73. The summed E-state index contributed by atoms with van der Waals surface area (Å²) in [5.74, 6) is -0.770. The van der Waals surface area contributed by atoms with Gasteiger partial charge in [0.2, 0.25) is 10.0 Å². The van der Waals surface area contributed by atoms with Crippen LogP contribution in [0.4, 0.5) is 4.39 Å². The second-order valence-electron chi connectivity index (χ2n) is 3.10. The highest BCUT2D eigenvalue weighted by Crippen LogP contribution is 2.14. The Labute approximate surface area is 103 Å². The van der Waals surface area contributed by atoms with Gasteiger partial charge in [-0.2, -0.15) is 5.26 Å². The fraction of sp³-hybridized carbons (Fsp3) is 0.100. The van der Waals surface area contributed by atoms with E-state index in [0.717, 1.165) is 18.2 Å². The Kier molecular flexibility index (Phi) is 4.23. The van der Waals surface area contributed by atoms with Crippen LogP contribution in [0.5, 0.6) is 0 Å². The molecule has 0 spiro atoms. The highest BCUT2D eigenvalue weighted by atomic mass is 35.5. The first kappa shape index (κ1) is 13.6. The maximum atomic E-state index is 13.0. The van der Waals surface area contributed by atoms with E-state index in [9.17, 15) is 12.8 Å². The Bertz CT molecular complexity index is 593. The molecule has 0 amide bonds. The molecule has 7 heteroatoms. The smallest absolute Gasteiger partial charge is 0.207 e. The van der Waals surface area contributed by atoms with Crippen molar-refractivity contribution in [1.29, 1.82) is 5.26 Å². The van der Waals surface area contributed by atoms with E-state index in [0.29, 0.717) is 0 Å². The van der Waals surface area contributed by atoms with Gasteiger partial charge in [0.1, 0.15) is 11.9 Å². The van der Waals surface area contributed by atoms with Crippen molar-refractivity contribution >= 4 is 21.6 Å². The van der Waals surface area contributed by atoms with E-state index in [2.05, 4.69) is 11.3 Å². The van der Waals surface area contributed by atoms with Crippen LogP contribution in [-0.2, 0) is 10.0 Å². The average molecular weight is 275 g/mol. The molecule has 1 rings (SSSR count). The molecule has 17 heavy (non-hydrogen) atoms. The van der Waals surface area contributed by atoms with Gasteiger partial charge in [-0.05, 0) is 18.2 Å². The van der Waals surface area contributed by atoms with E-state index in [1.165, 1.54) is 0 Å². The van der Waals surface area contributed by atoms with E-state index < -0.39 is 15.8 Å². The van der Waals surface area contributed by atoms with Gasteiger partial charge in [-0.3, -0.25) is 0 Å². The number of hydrogen-bond acceptors (Lipinski definition) is 3. The zero-order chi connectivity index (χ0) is 13.1. The number of sulfonamides is 1. The molecular weight excluding hydrogens is 267 g/mol. The molecule has 0 heterocycles. The predicted molar refractivity (Wildman–Crippen MR) is 61.3 cm³/mol. The second-order valence-corrected chi connectivity index (χ2v) is 5.40. The lowest BCUT2D eigenvalue weighted by Crippen LogP contribution is -2.24. The van der Waals surface area contributed by atoms with E-state index in [-0.39, 0.29) is 22.0 Å². The quantitative estimate of drug-likeness (QED) is 0.909. The number of hydrogen-bond donors (Lipinski definition) is 1. The molecule has 0 aliphatic heterocycles. The van der Waals surface area contributed by atoms with Gasteiger partial charge in [-0.15, -0.1) is 0 Å². The molecule has 1 aromatic rings. The summed E-state index contributed by atoms with van der Waals surface area (Å²) in [5, 5.41) is 8.71. The first-order chi connectivity index (χ1) is 7.86. The van der Waals surface area contributed by atoms with Crippen LogP contribution in [-0.4, -0.2) is 15.0 Å². The van der Waals surface area contributed by atoms with Crippen molar-refractivity contribution < 1.29 is 12.8 Å². The monoisotopic (exact) mass is 274 g/mol. The van der Waals surface area contributed by atoms with Gasteiger partial charge >= 0.3 is 0 Å². The van der Waals surface area contributed by atoms with Crippen LogP contribution in [0.25, 0.3) is 0 Å². The van der Waals surface area contributed by atoms with E-state index in [1.54, 1.807) is 6.07 Å². The van der Waals surface area contributed by atoms with E-state index >= 15 is 0 Å². The summed E-state index contributed by atoms with van der Waals surface area (Å²) >= 11 is 5.42. The minimum Gasteiger partial charge on any atom is -0.207 e. The van der Waals surface area contributed by atoms with E-state index in [4.69, 9.17) is 16.9 Å². The van der Waals surface area contributed by atoms with Crippen LogP contribution >= 0.6 is 11.6 Å². The van der Waals surface area contributed by atoms with Crippen LogP contribution < -0.4 is 4.72 Å². The van der Waals surface area contributed by atoms with Gasteiger partial charge in [-0.1, -0.05) is 18.2 Å². The summed E-state index contributed by atoms with van der Waals surface area (Å²) in [6.07, 6.45) is 0. The zero-order valence-corrected chi connectivity index (χ0v) is 10.1. The summed E-state index contributed by atoms with van der Waals surface area (Å²) < 4.78 is 38.5. The van der Waals surface area contributed by atoms with Gasteiger partial charge in [0.25, 0.3) is 0 Å². The minimum atomic E-state index is -3.82. The van der Waals surface area contributed by atoms with Gasteiger partial charge in [0, 0.05) is 11.6 Å². The summed E-state index contributed by atoms with van der Waals surface area (Å²) in [4.78, 5) is -0.201. The molecule has 0 aliphatic carbocycles. The molecular formula is C10H8ClFN2O2S. The van der Waals surface area contributed by atoms with Crippen molar-refractivity contribution in [3.63, 3.8) is 0 Å². The largest absolute Gasteiger partial charge is 0.240 e.